The number of piperazine rings is 1. The summed E-state index contributed by atoms with van der Waals surface area (Å²) < 4.78 is 0. The summed E-state index contributed by atoms with van der Waals surface area (Å²) in [6.07, 6.45) is 2.45. The second-order valence-electron chi connectivity index (χ2n) is 7.56. The Bertz CT molecular complexity index is 748. The maximum atomic E-state index is 12.6. The van der Waals surface area contributed by atoms with Gasteiger partial charge in [-0.15, -0.1) is 10.2 Å². The lowest BCUT2D eigenvalue weighted by Gasteiger charge is -2.35. The number of amides is 1. The Kier molecular flexibility index (Phi) is 5.23. The molecular formula is C21H27N5O. The van der Waals surface area contributed by atoms with Crippen molar-refractivity contribution in [1.82, 2.24) is 15.1 Å². The monoisotopic (exact) mass is 365 g/mol. The smallest absolute Gasteiger partial charge is 0.253 e. The Hall–Kier alpha value is -2.63. The van der Waals surface area contributed by atoms with E-state index in [0.717, 1.165) is 49.3 Å². The summed E-state index contributed by atoms with van der Waals surface area (Å²) >= 11 is 0. The normalized spacial score (nSPS) is 18.6. The first-order valence-electron chi connectivity index (χ1n) is 9.88. The molecule has 142 valence electrons. The van der Waals surface area contributed by atoms with Gasteiger partial charge in [0.05, 0.1) is 0 Å². The highest BCUT2D eigenvalue weighted by Gasteiger charge is 2.23. The van der Waals surface area contributed by atoms with E-state index in [4.69, 9.17) is 0 Å². The number of carbonyl (C=O) groups excluding carboxylic acids is 1. The highest BCUT2D eigenvalue weighted by atomic mass is 16.2. The van der Waals surface area contributed by atoms with Crippen LogP contribution < -0.4 is 9.80 Å². The number of aromatic nitrogens is 2. The molecule has 2 aliphatic heterocycles. The summed E-state index contributed by atoms with van der Waals surface area (Å²) in [7, 11) is 0. The van der Waals surface area contributed by atoms with Gasteiger partial charge in [0, 0.05) is 44.8 Å². The van der Waals surface area contributed by atoms with Crippen LogP contribution in [0.4, 0.5) is 11.6 Å². The number of hydrogen-bond acceptors (Lipinski definition) is 5. The van der Waals surface area contributed by atoms with Gasteiger partial charge in [-0.1, -0.05) is 25.1 Å². The number of nitrogens with zero attached hydrogens (tertiary/aromatic N) is 5. The fourth-order valence-electron chi connectivity index (χ4n) is 3.80. The first-order valence-corrected chi connectivity index (χ1v) is 9.88. The van der Waals surface area contributed by atoms with Crippen molar-refractivity contribution >= 4 is 17.5 Å². The van der Waals surface area contributed by atoms with Gasteiger partial charge in [0.15, 0.2) is 11.6 Å². The molecule has 27 heavy (non-hydrogen) atoms. The average Bonchev–Trinajstić information content (AvgIpc) is 2.75. The van der Waals surface area contributed by atoms with Gasteiger partial charge < -0.3 is 14.7 Å². The molecule has 0 spiro atoms. The van der Waals surface area contributed by atoms with Crippen molar-refractivity contribution in [2.45, 2.75) is 19.8 Å². The van der Waals surface area contributed by atoms with Crippen LogP contribution in [0.1, 0.15) is 30.1 Å². The summed E-state index contributed by atoms with van der Waals surface area (Å²) in [5, 5.41) is 8.91. The molecule has 0 saturated carbocycles. The molecule has 2 fully saturated rings. The molecular weight excluding hydrogens is 338 g/mol. The average molecular weight is 365 g/mol. The van der Waals surface area contributed by atoms with E-state index in [1.807, 2.05) is 35.2 Å². The summed E-state index contributed by atoms with van der Waals surface area (Å²) in [6, 6.07) is 13.6. The van der Waals surface area contributed by atoms with E-state index >= 15 is 0 Å². The maximum Gasteiger partial charge on any atom is 0.253 e. The van der Waals surface area contributed by atoms with Gasteiger partial charge >= 0.3 is 0 Å². The minimum atomic E-state index is 0.107. The third-order valence-corrected chi connectivity index (χ3v) is 5.66. The lowest BCUT2D eigenvalue weighted by atomic mass is 9.99. The quantitative estimate of drug-likeness (QED) is 0.837. The minimum Gasteiger partial charge on any atom is -0.355 e. The number of anilines is 2. The third kappa shape index (κ3) is 4.04. The molecule has 1 aromatic carbocycles. The van der Waals surface area contributed by atoms with Gasteiger partial charge in [0.1, 0.15) is 0 Å². The molecule has 0 N–H and O–H groups in total. The predicted molar refractivity (Wildman–Crippen MR) is 107 cm³/mol. The van der Waals surface area contributed by atoms with Crippen molar-refractivity contribution in [3.05, 3.63) is 48.0 Å². The van der Waals surface area contributed by atoms with Crippen molar-refractivity contribution in [3.63, 3.8) is 0 Å². The van der Waals surface area contributed by atoms with Gasteiger partial charge in [0.25, 0.3) is 5.91 Å². The van der Waals surface area contributed by atoms with Crippen LogP contribution in [-0.2, 0) is 0 Å². The lowest BCUT2D eigenvalue weighted by molar-refractivity contribution is 0.0746. The number of hydrogen-bond donors (Lipinski definition) is 0. The van der Waals surface area contributed by atoms with Gasteiger partial charge in [-0.25, -0.2) is 0 Å². The van der Waals surface area contributed by atoms with Crippen molar-refractivity contribution < 1.29 is 4.79 Å². The zero-order valence-electron chi connectivity index (χ0n) is 15.9. The van der Waals surface area contributed by atoms with Crippen LogP contribution in [0, 0.1) is 5.92 Å². The van der Waals surface area contributed by atoms with Gasteiger partial charge in [-0.3, -0.25) is 4.79 Å². The molecule has 0 atom stereocenters. The molecule has 4 rings (SSSR count). The first-order chi connectivity index (χ1) is 13.2. The highest BCUT2D eigenvalue weighted by Crippen LogP contribution is 2.22. The maximum absolute atomic E-state index is 12.6. The molecule has 0 bridgehead atoms. The largest absolute Gasteiger partial charge is 0.355 e. The van der Waals surface area contributed by atoms with E-state index < -0.39 is 0 Å². The second kappa shape index (κ2) is 7.94. The van der Waals surface area contributed by atoms with Gasteiger partial charge in [-0.05, 0) is 43.0 Å². The van der Waals surface area contributed by atoms with Crippen molar-refractivity contribution in [1.29, 1.82) is 0 Å². The molecule has 2 aromatic rings. The molecule has 2 saturated heterocycles. The van der Waals surface area contributed by atoms with Gasteiger partial charge in [0.2, 0.25) is 0 Å². The molecule has 2 aliphatic rings. The Balaban J connectivity index is 1.34. The van der Waals surface area contributed by atoms with Crippen LogP contribution in [0.2, 0.25) is 0 Å². The fraction of sp³-hybridized carbons (Fsp3) is 0.476. The van der Waals surface area contributed by atoms with E-state index in [2.05, 4.69) is 39.1 Å². The zero-order chi connectivity index (χ0) is 18.6. The summed E-state index contributed by atoms with van der Waals surface area (Å²) in [5.74, 6) is 2.79. The lowest BCUT2D eigenvalue weighted by Crippen LogP contribution is -2.49. The predicted octanol–water partition coefficient (Wildman–Crippen LogP) is 2.68. The molecule has 0 radical (unpaired) electrons. The SMILES string of the molecule is CC1CCN(c2ccc(N3CCN(C(=O)c4ccccc4)CC3)nn2)CC1. The summed E-state index contributed by atoms with van der Waals surface area (Å²) in [4.78, 5) is 19.0. The molecule has 6 heteroatoms. The number of piperidine rings is 1. The van der Waals surface area contributed by atoms with Crippen LogP contribution in [0.5, 0.6) is 0 Å². The van der Waals surface area contributed by atoms with Crippen LogP contribution in [0.3, 0.4) is 0 Å². The summed E-state index contributed by atoms with van der Waals surface area (Å²) in [6.45, 7) is 7.43. The minimum absolute atomic E-state index is 0.107. The Morgan fingerprint density at radius 3 is 1.93 bits per heavy atom. The van der Waals surface area contributed by atoms with E-state index in [0.29, 0.717) is 13.1 Å². The van der Waals surface area contributed by atoms with E-state index in [1.54, 1.807) is 0 Å². The number of carbonyl (C=O) groups is 1. The molecule has 0 unspecified atom stereocenters. The zero-order valence-corrected chi connectivity index (χ0v) is 15.9. The van der Waals surface area contributed by atoms with Gasteiger partial charge in [-0.2, -0.15) is 0 Å². The van der Waals surface area contributed by atoms with E-state index in [9.17, 15) is 4.79 Å². The Morgan fingerprint density at radius 2 is 1.37 bits per heavy atom. The summed E-state index contributed by atoms with van der Waals surface area (Å²) in [5.41, 5.74) is 0.756. The molecule has 3 heterocycles. The fourth-order valence-corrected chi connectivity index (χ4v) is 3.80. The molecule has 1 aromatic heterocycles. The third-order valence-electron chi connectivity index (χ3n) is 5.66. The van der Waals surface area contributed by atoms with Crippen molar-refractivity contribution in [3.8, 4) is 0 Å². The molecule has 1 amide bonds. The van der Waals surface area contributed by atoms with Crippen molar-refractivity contribution in [2.24, 2.45) is 5.92 Å². The standard InChI is InChI=1S/C21H27N5O/c1-17-9-11-24(12-10-17)19-7-8-20(23-22-19)25-13-15-26(16-14-25)21(27)18-5-3-2-4-6-18/h2-8,17H,9-16H2,1H3. The Morgan fingerprint density at radius 1 is 0.815 bits per heavy atom. The first kappa shape index (κ1) is 17.8. The van der Waals surface area contributed by atoms with Crippen LogP contribution in [-0.4, -0.2) is 60.3 Å². The van der Waals surface area contributed by atoms with Crippen molar-refractivity contribution in [2.75, 3.05) is 49.1 Å². The molecule has 6 nitrogen and oxygen atoms in total. The molecule has 0 aliphatic carbocycles. The second-order valence-corrected chi connectivity index (χ2v) is 7.56. The number of benzene rings is 1. The van der Waals surface area contributed by atoms with Crippen LogP contribution in [0.15, 0.2) is 42.5 Å². The van der Waals surface area contributed by atoms with Crippen LogP contribution in [0.25, 0.3) is 0 Å². The number of rotatable bonds is 3. The topological polar surface area (TPSA) is 52.6 Å². The van der Waals surface area contributed by atoms with E-state index in [1.165, 1.54) is 12.8 Å². The highest BCUT2D eigenvalue weighted by molar-refractivity contribution is 5.94. The Labute approximate surface area is 160 Å². The van der Waals surface area contributed by atoms with Crippen LogP contribution >= 0.6 is 0 Å². The van der Waals surface area contributed by atoms with E-state index in [-0.39, 0.29) is 5.91 Å².